The number of carbonyl (C=O) groups is 1. The molecule has 1 aromatic carbocycles. The van der Waals surface area contributed by atoms with E-state index in [-0.39, 0.29) is 24.1 Å². The van der Waals surface area contributed by atoms with Crippen molar-refractivity contribution >= 4 is 45.0 Å². The van der Waals surface area contributed by atoms with Gasteiger partial charge in [0.2, 0.25) is 5.76 Å². The van der Waals surface area contributed by atoms with Crippen molar-refractivity contribution in [2.45, 2.75) is 6.42 Å². The highest BCUT2D eigenvalue weighted by Crippen LogP contribution is 2.39. The maximum atomic E-state index is 13.1. The van der Waals surface area contributed by atoms with Crippen molar-refractivity contribution in [1.82, 2.24) is 9.88 Å². The fourth-order valence-corrected chi connectivity index (χ4v) is 4.01. The molecule has 0 saturated heterocycles. The molecule has 29 heavy (non-hydrogen) atoms. The van der Waals surface area contributed by atoms with E-state index in [0.29, 0.717) is 49.6 Å². The SMILES string of the molecule is CN(C)CCCN(C(=O)C1=COCCO1)c1nc2cc3c(cc2s1)OCCO3.Cl. The summed E-state index contributed by atoms with van der Waals surface area (Å²) < 4.78 is 23.0. The summed E-state index contributed by atoms with van der Waals surface area (Å²) in [6.07, 6.45) is 2.20. The van der Waals surface area contributed by atoms with Crippen molar-refractivity contribution in [3.63, 3.8) is 0 Å². The molecular formula is C19H24ClN3O5S. The predicted octanol–water partition coefficient (Wildman–Crippen LogP) is 2.66. The van der Waals surface area contributed by atoms with E-state index in [0.717, 1.165) is 23.2 Å². The molecule has 4 rings (SSSR count). The first-order chi connectivity index (χ1) is 13.6. The van der Waals surface area contributed by atoms with Gasteiger partial charge in [-0.25, -0.2) is 4.98 Å². The van der Waals surface area contributed by atoms with Crippen molar-refractivity contribution in [2.75, 3.05) is 58.5 Å². The molecule has 8 nitrogen and oxygen atoms in total. The molecule has 0 N–H and O–H groups in total. The van der Waals surface area contributed by atoms with Crippen LogP contribution in [0.4, 0.5) is 5.13 Å². The molecule has 0 atom stereocenters. The number of halogens is 1. The first kappa shape index (κ1) is 21.5. The van der Waals surface area contributed by atoms with Gasteiger partial charge in [0.25, 0.3) is 5.91 Å². The molecule has 1 aromatic heterocycles. The second kappa shape index (κ2) is 9.51. The van der Waals surface area contributed by atoms with Crippen LogP contribution in [0.25, 0.3) is 10.2 Å². The van der Waals surface area contributed by atoms with E-state index in [1.54, 1.807) is 4.90 Å². The second-order valence-corrected chi connectivity index (χ2v) is 7.78. The van der Waals surface area contributed by atoms with Crippen LogP contribution in [0.5, 0.6) is 11.5 Å². The number of thiazole rings is 1. The fourth-order valence-electron chi connectivity index (χ4n) is 3.01. The van der Waals surface area contributed by atoms with Crippen LogP contribution in [-0.4, -0.2) is 69.4 Å². The number of fused-ring (bicyclic) bond motifs is 2. The zero-order valence-electron chi connectivity index (χ0n) is 16.4. The normalized spacial score (nSPS) is 15.2. The Balaban J connectivity index is 0.00000240. The maximum Gasteiger partial charge on any atom is 0.298 e. The van der Waals surface area contributed by atoms with Crippen LogP contribution in [0.15, 0.2) is 24.2 Å². The van der Waals surface area contributed by atoms with Crippen LogP contribution < -0.4 is 14.4 Å². The van der Waals surface area contributed by atoms with Gasteiger partial charge in [-0.1, -0.05) is 11.3 Å². The number of benzene rings is 1. The number of hydrogen-bond donors (Lipinski definition) is 0. The zero-order chi connectivity index (χ0) is 19.5. The average molecular weight is 442 g/mol. The minimum absolute atomic E-state index is 0. The number of anilines is 1. The summed E-state index contributed by atoms with van der Waals surface area (Å²) in [7, 11) is 4.02. The fraction of sp³-hybridized carbons (Fsp3) is 0.474. The maximum absolute atomic E-state index is 13.1. The molecule has 3 heterocycles. The lowest BCUT2D eigenvalue weighted by atomic mass is 10.3. The number of carbonyl (C=O) groups excluding carboxylic acids is 1. The van der Waals surface area contributed by atoms with Gasteiger partial charge in [-0.15, -0.1) is 12.4 Å². The molecule has 0 fully saturated rings. The van der Waals surface area contributed by atoms with Crippen LogP contribution in [0.3, 0.4) is 0 Å². The lowest BCUT2D eigenvalue weighted by Gasteiger charge is -2.23. The summed E-state index contributed by atoms with van der Waals surface area (Å²) in [5.41, 5.74) is 0.782. The Kier molecular flexibility index (Phi) is 7.05. The minimum Gasteiger partial charge on any atom is -0.494 e. The van der Waals surface area contributed by atoms with Crippen molar-refractivity contribution in [3.8, 4) is 11.5 Å². The van der Waals surface area contributed by atoms with Gasteiger partial charge in [0.1, 0.15) is 32.7 Å². The molecule has 2 aromatic rings. The molecule has 0 aliphatic carbocycles. The van der Waals surface area contributed by atoms with E-state index in [4.69, 9.17) is 18.9 Å². The van der Waals surface area contributed by atoms with Gasteiger partial charge >= 0.3 is 0 Å². The van der Waals surface area contributed by atoms with E-state index in [1.807, 2.05) is 26.2 Å². The molecule has 0 bridgehead atoms. The molecular weight excluding hydrogens is 418 g/mol. The zero-order valence-corrected chi connectivity index (χ0v) is 18.0. The molecule has 0 saturated carbocycles. The average Bonchev–Trinajstić information content (AvgIpc) is 3.11. The topological polar surface area (TPSA) is 73.4 Å². The lowest BCUT2D eigenvalue weighted by Crippen LogP contribution is -2.36. The molecule has 0 unspecified atom stereocenters. The van der Waals surface area contributed by atoms with E-state index < -0.39 is 0 Å². The van der Waals surface area contributed by atoms with Gasteiger partial charge in [0, 0.05) is 18.7 Å². The van der Waals surface area contributed by atoms with Crippen molar-refractivity contribution in [3.05, 3.63) is 24.2 Å². The highest BCUT2D eigenvalue weighted by atomic mass is 35.5. The van der Waals surface area contributed by atoms with Crippen LogP contribution in [-0.2, 0) is 14.3 Å². The summed E-state index contributed by atoms with van der Waals surface area (Å²) in [5.74, 6) is 1.37. The highest BCUT2D eigenvalue weighted by molar-refractivity contribution is 7.22. The van der Waals surface area contributed by atoms with E-state index >= 15 is 0 Å². The van der Waals surface area contributed by atoms with Gasteiger partial charge in [0.05, 0.1) is 10.2 Å². The van der Waals surface area contributed by atoms with Gasteiger partial charge in [-0.2, -0.15) is 0 Å². The number of aromatic nitrogens is 1. The van der Waals surface area contributed by atoms with Gasteiger partial charge < -0.3 is 23.8 Å². The van der Waals surface area contributed by atoms with Gasteiger partial charge in [-0.3, -0.25) is 9.69 Å². The van der Waals surface area contributed by atoms with Gasteiger partial charge in [0.15, 0.2) is 16.6 Å². The van der Waals surface area contributed by atoms with Gasteiger partial charge in [-0.05, 0) is 27.1 Å². The monoisotopic (exact) mass is 441 g/mol. The predicted molar refractivity (Wildman–Crippen MR) is 113 cm³/mol. The number of amides is 1. The van der Waals surface area contributed by atoms with E-state index in [9.17, 15) is 4.79 Å². The van der Waals surface area contributed by atoms with Crippen LogP contribution in [0, 0.1) is 0 Å². The molecule has 0 spiro atoms. The minimum atomic E-state index is -0.241. The van der Waals surface area contributed by atoms with Crippen LogP contribution >= 0.6 is 23.7 Å². The summed E-state index contributed by atoms with van der Waals surface area (Å²) >= 11 is 1.45. The number of ether oxygens (including phenoxy) is 4. The quantitative estimate of drug-likeness (QED) is 0.682. The van der Waals surface area contributed by atoms with E-state index in [1.165, 1.54) is 17.6 Å². The lowest BCUT2D eigenvalue weighted by molar-refractivity contribution is -0.119. The Morgan fingerprint density at radius 2 is 1.79 bits per heavy atom. The van der Waals surface area contributed by atoms with Crippen molar-refractivity contribution in [2.24, 2.45) is 0 Å². The summed E-state index contributed by atoms with van der Waals surface area (Å²) in [6.45, 7) is 3.26. The summed E-state index contributed by atoms with van der Waals surface area (Å²) in [6, 6.07) is 3.79. The number of nitrogens with zero attached hydrogens (tertiary/aromatic N) is 3. The smallest absolute Gasteiger partial charge is 0.298 e. The highest BCUT2D eigenvalue weighted by Gasteiger charge is 2.26. The molecule has 0 radical (unpaired) electrons. The second-order valence-electron chi connectivity index (χ2n) is 6.78. The molecule has 10 heteroatoms. The Hall–Kier alpha value is -2.23. The standard InChI is InChI=1S/C19H23N3O5S.ClH/c1-21(2)4-3-5-22(18(23)16-12-24-6-7-27-16)19-20-13-10-14-15(11-17(13)28-19)26-9-8-25-14;/h10-12H,3-9H2,1-2H3;1H. The first-order valence-electron chi connectivity index (χ1n) is 9.23. The molecule has 2 aliphatic heterocycles. The van der Waals surface area contributed by atoms with E-state index in [2.05, 4.69) is 9.88 Å². The summed E-state index contributed by atoms with van der Waals surface area (Å²) in [4.78, 5) is 21.5. The first-order valence-corrected chi connectivity index (χ1v) is 10.0. The Labute approximate surface area is 179 Å². The Morgan fingerprint density at radius 3 is 2.48 bits per heavy atom. The van der Waals surface area contributed by atoms with Crippen LogP contribution in [0.2, 0.25) is 0 Å². The molecule has 1 amide bonds. The number of hydrogen-bond acceptors (Lipinski definition) is 8. The number of rotatable bonds is 6. The molecule has 158 valence electrons. The third-order valence-corrected chi connectivity index (χ3v) is 5.41. The third kappa shape index (κ3) is 4.85. The largest absolute Gasteiger partial charge is 0.494 e. The Morgan fingerprint density at radius 1 is 1.07 bits per heavy atom. The third-order valence-electron chi connectivity index (χ3n) is 4.36. The molecule has 2 aliphatic rings. The Bertz CT molecular complexity index is 858. The van der Waals surface area contributed by atoms with Crippen molar-refractivity contribution < 1.29 is 23.7 Å². The summed E-state index contributed by atoms with van der Waals surface area (Å²) in [5, 5.41) is 0.621. The van der Waals surface area contributed by atoms with Crippen molar-refractivity contribution in [1.29, 1.82) is 0 Å². The van der Waals surface area contributed by atoms with Crippen LogP contribution in [0.1, 0.15) is 6.42 Å².